The Morgan fingerprint density at radius 2 is 2.16 bits per heavy atom. The Labute approximate surface area is 111 Å². The van der Waals surface area contributed by atoms with Gasteiger partial charge in [0, 0.05) is 10.9 Å². The van der Waals surface area contributed by atoms with Gasteiger partial charge in [-0.05, 0) is 30.7 Å². The van der Waals surface area contributed by atoms with Gasteiger partial charge in [0.25, 0.3) is 5.89 Å². The molecule has 0 saturated heterocycles. The predicted octanol–water partition coefficient (Wildman–Crippen LogP) is 2.89. The number of benzene rings is 1. The predicted molar refractivity (Wildman–Crippen MR) is 69.9 cm³/mol. The quantitative estimate of drug-likeness (QED) is 0.778. The zero-order valence-electron chi connectivity index (χ0n) is 9.92. The van der Waals surface area contributed by atoms with Crippen LogP contribution in [0.2, 0.25) is 0 Å². The van der Waals surface area contributed by atoms with Crippen molar-refractivity contribution in [3.05, 3.63) is 35.0 Å². The second-order valence-electron chi connectivity index (χ2n) is 3.95. The smallest absolute Gasteiger partial charge is 0.277 e. The number of hydrogen-bond donors (Lipinski definition) is 1. The van der Waals surface area contributed by atoms with Crippen LogP contribution in [0.25, 0.3) is 23.0 Å². The molecule has 1 aromatic carbocycles. The van der Waals surface area contributed by atoms with Gasteiger partial charge in [-0.1, -0.05) is 5.16 Å². The normalized spacial score (nSPS) is 10.8. The molecule has 0 spiro atoms. The van der Waals surface area contributed by atoms with Crippen molar-refractivity contribution in [3.63, 3.8) is 0 Å². The van der Waals surface area contributed by atoms with Gasteiger partial charge in [0.1, 0.15) is 11.5 Å². The van der Waals surface area contributed by atoms with Crippen LogP contribution in [0.1, 0.15) is 5.56 Å². The monoisotopic (exact) mass is 276 g/mol. The van der Waals surface area contributed by atoms with Crippen LogP contribution in [-0.4, -0.2) is 15.1 Å². The maximum absolute atomic E-state index is 13.0. The van der Waals surface area contributed by atoms with E-state index in [0.29, 0.717) is 22.5 Å². The number of nitrogens with two attached hydrogens (primary N) is 1. The molecule has 2 heterocycles. The first kappa shape index (κ1) is 11.8. The largest absolute Gasteiger partial charge is 0.375 e. The number of nitrogen functional groups attached to an aromatic ring is 1. The molecule has 2 aromatic heterocycles. The summed E-state index contributed by atoms with van der Waals surface area (Å²) in [5, 5.41) is 6.06. The second-order valence-corrected chi connectivity index (χ2v) is 4.84. The van der Waals surface area contributed by atoms with Crippen LogP contribution in [0.15, 0.2) is 28.1 Å². The lowest BCUT2D eigenvalue weighted by Gasteiger charge is -1.99. The van der Waals surface area contributed by atoms with Gasteiger partial charge in [0.15, 0.2) is 5.13 Å². The van der Waals surface area contributed by atoms with Crippen LogP contribution in [0, 0.1) is 12.7 Å². The Morgan fingerprint density at radius 3 is 2.84 bits per heavy atom. The Kier molecular flexibility index (Phi) is 2.75. The Balaban J connectivity index is 2.01. The minimum Gasteiger partial charge on any atom is -0.375 e. The van der Waals surface area contributed by atoms with Crippen molar-refractivity contribution in [3.8, 4) is 23.0 Å². The zero-order valence-corrected chi connectivity index (χ0v) is 10.7. The molecule has 0 unspecified atom stereocenters. The highest BCUT2D eigenvalue weighted by atomic mass is 32.1. The number of nitrogens with zero attached hydrogens (tertiary/aromatic N) is 3. The molecule has 0 saturated carbocycles. The molecule has 0 aliphatic carbocycles. The third kappa shape index (κ3) is 2.19. The first-order valence-electron chi connectivity index (χ1n) is 5.45. The minimum absolute atomic E-state index is 0.294. The van der Waals surface area contributed by atoms with E-state index in [1.165, 1.54) is 23.5 Å². The lowest BCUT2D eigenvalue weighted by Crippen LogP contribution is -1.87. The second kappa shape index (κ2) is 4.43. The third-order valence-corrected chi connectivity index (χ3v) is 3.27. The van der Waals surface area contributed by atoms with Crippen LogP contribution in [0.3, 0.4) is 0 Å². The lowest BCUT2D eigenvalue weighted by molar-refractivity contribution is 0.431. The van der Waals surface area contributed by atoms with Crippen LogP contribution in [-0.2, 0) is 0 Å². The summed E-state index contributed by atoms with van der Waals surface area (Å²) in [6.45, 7) is 1.79. The number of aromatic nitrogens is 3. The Morgan fingerprint density at radius 1 is 1.32 bits per heavy atom. The van der Waals surface area contributed by atoms with Crippen LogP contribution in [0.5, 0.6) is 0 Å². The first-order valence-corrected chi connectivity index (χ1v) is 6.33. The number of anilines is 1. The van der Waals surface area contributed by atoms with E-state index in [1.54, 1.807) is 18.4 Å². The Hall–Kier alpha value is -2.28. The molecule has 19 heavy (non-hydrogen) atoms. The van der Waals surface area contributed by atoms with Gasteiger partial charge in [-0.25, -0.2) is 9.37 Å². The van der Waals surface area contributed by atoms with Crippen LogP contribution in [0.4, 0.5) is 9.52 Å². The summed E-state index contributed by atoms with van der Waals surface area (Å²) < 4.78 is 18.2. The molecule has 3 rings (SSSR count). The maximum atomic E-state index is 13.0. The number of aryl methyl sites for hydroxylation is 1. The summed E-state index contributed by atoms with van der Waals surface area (Å²) in [7, 11) is 0. The van der Waals surface area contributed by atoms with Gasteiger partial charge in [-0.3, -0.25) is 0 Å². The number of thiazole rings is 1. The van der Waals surface area contributed by atoms with Gasteiger partial charge >= 0.3 is 0 Å². The van der Waals surface area contributed by atoms with E-state index in [9.17, 15) is 4.39 Å². The van der Waals surface area contributed by atoms with Gasteiger partial charge < -0.3 is 10.3 Å². The van der Waals surface area contributed by atoms with Gasteiger partial charge in [0.2, 0.25) is 5.82 Å². The molecule has 96 valence electrons. The molecule has 5 nitrogen and oxygen atoms in total. The standard InChI is InChI=1S/C12H9FN4OS/c1-6-4-7(13)2-3-8(6)10-16-11(18-17-10)9-5-19-12(14)15-9/h2-5H,1H3,(H2,14,15). The fourth-order valence-corrected chi connectivity index (χ4v) is 2.24. The molecule has 0 aliphatic rings. The third-order valence-electron chi connectivity index (χ3n) is 2.60. The van der Waals surface area contributed by atoms with Crippen molar-refractivity contribution in [1.82, 2.24) is 15.1 Å². The van der Waals surface area contributed by atoms with E-state index < -0.39 is 0 Å². The lowest BCUT2D eigenvalue weighted by atomic mass is 10.1. The molecular formula is C12H9FN4OS. The SMILES string of the molecule is Cc1cc(F)ccc1-c1noc(-c2csc(N)n2)n1. The fourth-order valence-electron chi connectivity index (χ4n) is 1.70. The number of hydrogen-bond acceptors (Lipinski definition) is 6. The summed E-state index contributed by atoms with van der Waals surface area (Å²) in [5.74, 6) is 0.406. The van der Waals surface area contributed by atoms with Crippen molar-refractivity contribution in [2.24, 2.45) is 0 Å². The average Bonchev–Trinajstić information content (AvgIpc) is 2.97. The topological polar surface area (TPSA) is 77.8 Å². The number of rotatable bonds is 2. The van der Waals surface area contributed by atoms with Crippen molar-refractivity contribution in [1.29, 1.82) is 0 Å². The minimum atomic E-state index is -0.294. The van der Waals surface area contributed by atoms with E-state index in [1.807, 2.05) is 0 Å². The Bertz CT molecular complexity index is 737. The molecular weight excluding hydrogens is 267 g/mol. The maximum Gasteiger partial charge on any atom is 0.277 e. The van der Waals surface area contributed by atoms with E-state index in [0.717, 1.165) is 11.1 Å². The van der Waals surface area contributed by atoms with E-state index in [4.69, 9.17) is 10.3 Å². The molecule has 0 radical (unpaired) electrons. The van der Waals surface area contributed by atoms with E-state index >= 15 is 0 Å². The highest BCUT2D eigenvalue weighted by Crippen LogP contribution is 2.26. The van der Waals surface area contributed by atoms with Gasteiger partial charge in [0.05, 0.1) is 0 Å². The summed E-state index contributed by atoms with van der Waals surface area (Å²) >= 11 is 1.30. The molecule has 0 atom stereocenters. The summed E-state index contributed by atoms with van der Waals surface area (Å²) in [6.07, 6.45) is 0. The molecule has 0 aliphatic heterocycles. The summed E-state index contributed by atoms with van der Waals surface area (Å²) in [4.78, 5) is 8.31. The molecule has 0 bridgehead atoms. The number of halogens is 1. The van der Waals surface area contributed by atoms with Crippen LogP contribution >= 0.6 is 11.3 Å². The van der Waals surface area contributed by atoms with Gasteiger partial charge in [-0.15, -0.1) is 11.3 Å². The van der Waals surface area contributed by atoms with Gasteiger partial charge in [-0.2, -0.15) is 4.98 Å². The van der Waals surface area contributed by atoms with Crippen molar-refractivity contribution in [2.75, 3.05) is 5.73 Å². The van der Waals surface area contributed by atoms with Crippen molar-refractivity contribution < 1.29 is 8.91 Å². The molecule has 3 aromatic rings. The zero-order chi connectivity index (χ0) is 13.4. The van der Waals surface area contributed by atoms with Crippen LogP contribution < -0.4 is 5.73 Å². The van der Waals surface area contributed by atoms with Crippen molar-refractivity contribution >= 4 is 16.5 Å². The molecule has 0 amide bonds. The molecule has 7 heteroatoms. The highest BCUT2D eigenvalue weighted by Gasteiger charge is 2.14. The average molecular weight is 276 g/mol. The summed E-state index contributed by atoms with van der Waals surface area (Å²) in [6, 6.07) is 4.40. The van der Waals surface area contributed by atoms with E-state index in [-0.39, 0.29) is 5.82 Å². The fraction of sp³-hybridized carbons (Fsp3) is 0.0833. The molecule has 2 N–H and O–H groups in total. The summed E-state index contributed by atoms with van der Waals surface area (Å²) in [5.41, 5.74) is 7.56. The van der Waals surface area contributed by atoms with Crippen molar-refractivity contribution in [2.45, 2.75) is 6.92 Å². The molecule has 0 fully saturated rings. The van der Waals surface area contributed by atoms with E-state index in [2.05, 4.69) is 15.1 Å². The first-order chi connectivity index (χ1) is 9.13. The highest BCUT2D eigenvalue weighted by molar-refractivity contribution is 7.13.